The summed E-state index contributed by atoms with van der Waals surface area (Å²) in [6.07, 6.45) is 2.31. The number of amides is 1. The summed E-state index contributed by atoms with van der Waals surface area (Å²) in [4.78, 5) is 22.6. The predicted octanol–water partition coefficient (Wildman–Crippen LogP) is 5.17. The molecule has 7 nitrogen and oxygen atoms in total. The van der Waals surface area contributed by atoms with Gasteiger partial charge in [-0.1, -0.05) is 30.8 Å². The van der Waals surface area contributed by atoms with Crippen LogP contribution in [0.25, 0.3) is 5.78 Å². The highest BCUT2D eigenvalue weighted by Crippen LogP contribution is 2.36. The molecule has 2 aromatic heterocycles. The second-order valence-electron chi connectivity index (χ2n) is 6.71. The van der Waals surface area contributed by atoms with Gasteiger partial charge in [0.05, 0.1) is 17.3 Å². The third kappa shape index (κ3) is 4.28. The van der Waals surface area contributed by atoms with E-state index in [1.807, 2.05) is 31.2 Å². The average Bonchev–Trinajstić information content (AvgIpc) is 3.23. The number of carbonyl (C=O) groups excluding carboxylic acids is 1. The number of carbonyl (C=O) groups is 1. The van der Waals surface area contributed by atoms with Gasteiger partial charge >= 0.3 is 0 Å². The molecule has 0 aliphatic carbocycles. The van der Waals surface area contributed by atoms with Crippen LogP contribution in [0.3, 0.4) is 0 Å². The van der Waals surface area contributed by atoms with Gasteiger partial charge in [0.1, 0.15) is 17.1 Å². The first-order valence-corrected chi connectivity index (χ1v) is 11.2. The maximum absolute atomic E-state index is 12.9. The van der Waals surface area contributed by atoms with Crippen LogP contribution in [0, 0.1) is 6.92 Å². The Kier molecular flexibility index (Phi) is 6.24. The largest absolute Gasteiger partial charge is 0.496 e. The van der Waals surface area contributed by atoms with Crippen LogP contribution >= 0.6 is 27.7 Å². The van der Waals surface area contributed by atoms with E-state index in [0.717, 1.165) is 32.1 Å². The van der Waals surface area contributed by atoms with Gasteiger partial charge in [-0.2, -0.15) is 14.6 Å². The summed E-state index contributed by atoms with van der Waals surface area (Å²) in [5, 5.41) is 8.31. The molecule has 4 aromatic rings. The van der Waals surface area contributed by atoms with Crippen LogP contribution in [0.4, 0.5) is 5.69 Å². The van der Waals surface area contributed by atoms with Gasteiger partial charge in [-0.15, -0.1) is 0 Å². The number of anilines is 1. The molecule has 0 aliphatic rings. The zero-order chi connectivity index (χ0) is 22.0. The van der Waals surface area contributed by atoms with Gasteiger partial charge in [0.2, 0.25) is 0 Å². The van der Waals surface area contributed by atoms with E-state index in [1.54, 1.807) is 29.8 Å². The van der Waals surface area contributed by atoms with Crippen molar-refractivity contribution in [2.24, 2.45) is 0 Å². The van der Waals surface area contributed by atoms with Crippen molar-refractivity contribution in [3.8, 4) is 5.75 Å². The van der Waals surface area contributed by atoms with Crippen molar-refractivity contribution < 1.29 is 9.53 Å². The van der Waals surface area contributed by atoms with E-state index in [-0.39, 0.29) is 5.91 Å². The molecule has 31 heavy (non-hydrogen) atoms. The quantitative estimate of drug-likeness (QED) is 0.370. The van der Waals surface area contributed by atoms with Crippen molar-refractivity contribution in [2.45, 2.75) is 30.2 Å². The molecule has 1 amide bonds. The first-order valence-electron chi connectivity index (χ1n) is 9.62. The molecular weight excluding hydrogens is 478 g/mol. The van der Waals surface area contributed by atoms with Gasteiger partial charge < -0.3 is 10.1 Å². The van der Waals surface area contributed by atoms with Gasteiger partial charge in [0.15, 0.2) is 0 Å². The summed E-state index contributed by atoms with van der Waals surface area (Å²) in [5.41, 5.74) is 3.27. The molecule has 0 saturated heterocycles. The smallest absolute Gasteiger partial charge is 0.255 e. The van der Waals surface area contributed by atoms with Crippen molar-refractivity contribution in [1.82, 2.24) is 19.6 Å². The minimum Gasteiger partial charge on any atom is -0.496 e. The highest BCUT2D eigenvalue weighted by molar-refractivity contribution is 9.10. The number of halogens is 1. The topological polar surface area (TPSA) is 81.4 Å². The zero-order valence-electron chi connectivity index (χ0n) is 17.2. The fraction of sp³-hybridized carbons (Fsp3) is 0.182. The van der Waals surface area contributed by atoms with E-state index in [0.29, 0.717) is 22.8 Å². The normalized spacial score (nSPS) is 11.0. The fourth-order valence-electron chi connectivity index (χ4n) is 3.23. The number of hydrogen-bond donors (Lipinski definition) is 1. The fourth-order valence-corrected chi connectivity index (χ4v) is 4.99. The molecule has 0 unspecified atom stereocenters. The van der Waals surface area contributed by atoms with Crippen LogP contribution in [0.15, 0.2) is 63.2 Å². The molecule has 0 radical (unpaired) electrons. The number of benzene rings is 2. The number of nitrogens with one attached hydrogen (secondary N) is 1. The Morgan fingerprint density at radius 3 is 2.81 bits per heavy atom. The Bertz CT molecular complexity index is 1270. The van der Waals surface area contributed by atoms with Crippen molar-refractivity contribution in [3.05, 3.63) is 70.1 Å². The molecule has 0 spiro atoms. The summed E-state index contributed by atoms with van der Waals surface area (Å²) < 4.78 is 7.71. The molecule has 0 atom stereocenters. The molecule has 4 rings (SSSR count). The third-order valence-corrected chi connectivity index (χ3v) is 6.60. The Balaban J connectivity index is 1.68. The lowest BCUT2D eigenvalue weighted by Crippen LogP contribution is -2.13. The van der Waals surface area contributed by atoms with E-state index in [2.05, 4.69) is 43.2 Å². The lowest BCUT2D eigenvalue weighted by atomic mass is 10.2. The molecule has 0 bridgehead atoms. The summed E-state index contributed by atoms with van der Waals surface area (Å²) in [5.74, 6) is 1.02. The number of aromatic nitrogens is 4. The van der Waals surface area contributed by atoms with Crippen LogP contribution in [0.5, 0.6) is 5.75 Å². The summed E-state index contributed by atoms with van der Waals surface area (Å²) in [7, 11) is 1.59. The van der Waals surface area contributed by atoms with Crippen LogP contribution in [-0.4, -0.2) is 32.6 Å². The Morgan fingerprint density at radius 2 is 2.06 bits per heavy atom. The van der Waals surface area contributed by atoms with Gasteiger partial charge in [-0.05, 0) is 59.6 Å². The van der Waals surface area contributed by atoms with Gasteiger partial charge in [0.25, 0.3) is 11.7 Å². The standard InChI is InChI=1S/C22H20BrN5O2S/c1-4-15-13(2)26-22-24-12-25-28(22)21(15)31-19-8-6-5-7-17(19)27-20(29)14-9-10-18(30-3)16(23)11-14/h5-12H,4H2,1-3H3,(H,27,29). The minimum absolute atomic E-state index is 0.205. The van der Waals surface area contributed by atoms with Crippen LogP contribution in [0.1, 0.15) is 28.5 Å². The van der Waals surface area contributed by atoms with Crippen LogP contribution in [-0.2, 0) is 6.42 Å². The van der Waals surface area contributed by atoms with Gasteiger partial charge in [-0.25, -0.2) is 4.98 Å². The van der Waals surface area contributed by atoms with E-state index in [4.69, 9.17) is 4.74 Å². The SMILES string of the molecule is CCc1c(C)nc2ncnn2c1Sc1ccccc1NC(=O)c1ccc(OC)c(Br)c1. The maximum Gasteiger partial charge on any atom is 0.255 e. The zero-order valence-corrected chi connectivity index (χ0v) is 19.6. The lowest BCUT2D eigenvalue weighted by Gasteiger charge is -2.15. The van der Waals surface area contributed by atoms with Gasteiger partial charge in [0, 0.05) is 21.7 Å². The van der Waals surface area contributed by atoms with E-state index >= 15 is 0 Å². The first-order chi connectivity index (χ1) is 15.0. The molecular formula is C22H20BrN5O2S. The van der Waals surface area contributed by atoms with Crippen molar-refractivity contribution in [3.63, 3.8) is 0 Å². The maximum atomic E-state index is 12.9. The summed E-state index contributed by atoms with van der Waals surface area (Å²) in [6.45, 7) is 4.07. The van der Waals surface area contributed by atoms with Crippen molar-refractivity contribution in [2.75, 3.05) is 12.4 Å². The third-order valence-electron chi connectivity index (χ3n) is 4.79. The number of aryl methyl sites for hydroxylation is 1. The number of rotatable bonds is 6. The van der Waals surface area contributed by atoms with Crippen molar-refractivity contribution >= 4 is 45.1 Å². The Labute approximate surface area is 192 Å². The Hall–Kier alpha value is -2.91. The second kappa shape index (κ2) is 9.07. The number of ether oxygens (including phenoxy) is 1. The molecule has 2 heterocycles. The minimum atomic E-state index is -0.205. The number of hydrogen-bond acceptors (Lipinski definition) is 6. The molecule has 0 saturated carbocycles. The number of methoxy groups -OCH3 is 1. The van der Waals surface area contributed by atoms with E-state index < -0.39 is 0 Å². The molecule has 2 aromatic carbocycles. The van der Waals surface area contributed by atoms with Crippen LogP contribution in [0.2, 0.25) is 0 Å². The monoisotopic (exact) mass is 497 g/mol. The van der Waals surface area contributed by atoms with Gasteiger partial charge in [-0.3, -0.25) is 4.79 Å². The first kappa shape index (κ1) is 21.3. The van der Waals surface area contributed by atoms with E-state index in [1.165, 1.54) is 18.1 Å². The number of fused-ring (bicyclic) bond motifs is 1. The molecule has 0 fully saturated rings. The van der Waals surface area contributed by atoms with Crippen LogP contribution < -0.4 is 10.1 Å². The molecule has 9 heteroatoms. The lowest BCUT2D eigenvalue weighted by molar-refractivity contribution is 0.102. The average molecular weight is 498 g/mol. The number of para-hydroxylation sites is 1. The van der Waals surface area contributed by atoms with Crippen molar-refractivity contribution in [1.29, 1.82) is 0 Å². The number of nitrogens with zero attached hydrogens (tertiary/aromatic N) is 4. The summed E-state index contributed by atoms with van der Waals surface area (Å²) >= 11 is 4.97. The highest BCUT2D eigenvalue weighted by atomic mass is 79.9. The van der Waals surface area contributed by atoms with E-state index in [9.17, 15) is 4.79 Å². The molecule has 1 N–H and O–H groups in total. The molecule has 158 valence electrons. The second-order valence-corrected chi connectivity index (χ2v) is 8.59. The highest BCUT2D eigenvalue weighted by Gasteiger charge is 2.17. The molecule has 0 aliphatic heterocycles. The Morgan fingerprint density at radius 1 is 1.26 bits per heavy atom. The summed E-state index contributed by atoms with van der Waals surface area (Å²) in [6, 6.07) is 12.9. The predicted molar refractivity (Wildman–Crippen MR) is 124 cm³/mol.